The number of nitrogens with zero attached hydrogens (tertiary/aromatic N) is 1. The van der Waals surface area contributed by atoms with Crippen LogP contribution in [0.5, 0.6) is 11.5 Å². The molecule has 1 aromatic rings. The molecule has 1 aliphatic rings. The lowest BCUT2D eigenvalue weighted by Gasteiger charge is -2.11. The fourth-order valence-corrected chi connectivity index (χ4v) is 3.83. The second-order valence-corrected chi connectivity index (χ2v) is 6.97. The Bertz CT molecular complexity index is 748. The molecule has 25 heavy (non-hydrogen) atoms. The van der Waals surface area contributed by atoms with Gasteiger partial charge in [0.25, 0.3) is 11.1 Å². The van der Waals surface area contributed by atoms with Crippen molar-refractivity contribution in [3.05, 3.63) is 26.2 Å². The summed E-state index contributed by atoms with van der Waals surface area (Å²) in [6.45, 7) is 1.46. The van der Waals surface area contributed by atoms with E-state index in [0.717, 1.165) is 20.2 Å². The minimum Gasteiger partial charge on any atom is -0.493 e. The van der Waals surface area contributed by atoms with Gasteiger partial charge in [0.2, 0.25) is 0 Å². The molecule has 134 valence electrons. The summed E-state index contributed by atoms with van der Waals surface area (Å²) in [5.74, 6) is -0.0263. The van der Waals surface area contributed by atoms with Crippen molar-refractivity contribution in [2.75, 3.05) is 27.4 Å². The van der Waals surface area contributed by atoms with Crippen LogP contribution < -0.4 is 9.47 Å². The van der Waals surface area contributed by atoms with Crippen LogP contribution in [-0.2, 0) is 14.3 Å². The first-order chi connectivity index (χ1) is 11.9. The van der Waals surface area contributed by atoms with Crippen molar-refractivity contribution < 1.29 is 28.6 Å². The van der Waals surface area contributed by atoms with Crippen molar-refractivity contribution in [1.82, 2.24) is 4.90 Å². The Morgan fingerprint density at radius 3 is 2.60 bits per heavy atom. The Morgan fingerprint density at radius 1 is 1.28 bits per heavy atom. The number of ether oxygens (including phenoxy) is 3. The molecule has 0 aliphatic carbocycles. The molecule has 7 nitrogen and oxygen atoms in total. The van der Waals surface area contributed by atoms with Gasteiger partial charge < -0.3 is 14.2 Å². The summed E-state index contributed by atoms with van der Waals surface area (Å²) in [5, 5.41) is -0.500. The van der Waals surface area contributed by atoms with Gasteiger partial charge in [-0.05, 0) is 65.0 Å². The van der Waals surface area contributed by atoms with Crippen molar-refractivity contribution in [3.63, 3.8) is 0 Å². The Hall–Kier alpha value is -1.75. The van der Waals surface area contributed by atoms with E-state index in [1.54, 1.807) is 32.2 Å². The van der Waals surface area contributed by atoms with Gasteiger partial charge in [0.05, 0.1) is 29.3 Å². The van der Waals surface area contributed by atoms with E-state index in [1.165, 1.54) is 7.11 Å². The molecule has 0 aromatic heterocycles. The van der Waals surface area contributed by atoms with Gasteiger partial charge in [0.1, 0.15) is 6.54 Å². The van der Waals surface area contributed by atoms with Crippen LogP contribution in [0.4, 0.5) is 4.79 Å². The standard InChI is InChI=1S/C16H16INO6S/c1-4-24-13(19)8-18-15(20)12(25-16(18)21)7-9-5-10(17)14(23-3)11(6-9)22-2/h5-7H,4,8H2,1-3H3/b12-7-. The average molecular weight is 477 g/mol. The van der Waals surface area contributed by atoms with Crippen LogP contribution in [0.1, 0.15) is 12.5 Å². The Balaban J connectivity index is 2.27. The molecule has 2 amide bonds. The van der Waals surface area contributed by atoms with Gasteiger partial charge in [-0.1, -0.05) is 0 Å². The highest BCUT2D eigenvalue weighted by Crippen LogP contribution is 2.36. The summed E-state index contributed by atoms with van der Waals surface area (Å²) in [6, 6.07) is 3.52. The number of carbonyl (C=O) groups excluding carboxylic acids is 3. The highest BCUT2D eigenvalue weighted by molar-refractivity contribution is 14.1. The normalized spacial score (nSPS) is 15.7. The fourth-order valence-electron chi connectivity index (χ4n) is 2.14. The molecule has 2 rings (SSSR count). The van der Waals surface area contributed by atoms with Gasteiger partial charge in [0, 0.05) is 0 Å². The number of hydrogen-bond donors (Lipinski definition) is 0. The number of amides is 2. The van der Waals surface area contributed by atoms with Crippen LogP contribution in [0, 0.1) is 3.57 Å². The smallest absolute Gasteiger partial charge is 0.326 e. The van der Waals surface area contributed by atoms with Gasteiger partial charge in [-0.15, -0.1) is 0 Å². The summed E-state index contributed by atoms with van der Waals surface area (Å²) in [4.78, 5) is 37.0. The van der Waals surface area contributed by atoms with Gasteiger partial charge in [-0.2, -0.15) is 0 Å². The molecule has 0 atom stereocenters. The number of carbonyl (C=O) groups is 3. The number of halogens is 1. The molecule has 0 bridgehead atoms. The molecule has 0 spiro atoms. The van der Waals surface area contributed by atoms with Gasteiger partial charge >= 0.3 is 5.97 Å². The second kappa shape index (κ2) is 8.56. The first-order valence-electron chi connectivity index (χ1n) is 7.23. The minimum atomic E-state index is -0.619. The highest BCUT2D eigenvalue weighted by Gasteiger charge is 2.36. The number of rotatable bonds is 6. The second-order valence-electron chi connectivity index (χ2n) is 4.81. The molecule has 1 fully saturated rings. The van der Waals surface area contributed by atoms with Crippen LogP contribution >= 0.6 is 34.4 Å². The van der Waals surface area contributed by atoms with Gasteiger partial charge in [-0.3, -0.25) is 19.3 Å². The lowest BCUT2D eigenvalue weighted by atomic mass is 10.2. The van der Waals surface area contributed by atoms with Crippen molar-refractivity contribution in [2.45, 2.75) is 6.92 Å². The molecule has 0 N–H and O–H groups in total. The summed E-state index contributed by atoms with van der Waals surface area (Å²) in [6.07, 6.45) is 1.58. The van der Waals surface area contributed by atoms with E-state index in [1.807, 2.05) is 0 Å². The number of methoxy groups -OCH3 is 2. The molecular weight excluding hydrogens is 461 g/mol. The van der Waals surface area contributed by atoms with E-state index in [9.17, 15) is 14.4 Å². The van der Waals surface area contributed by atoms with Crippen molar-refractivity contribution in [3.8, 4) is 11.5 Å². The monoisotopic (exact) mass is 477 g/mol. The minimum absolute atomic E-state index is 0.189. The SMILES string of the molecule is CCOC(=O)CN1C(=O)S/C(=C\c2cc(I)c(OC)c(OC)c2)C1=O. The van der Waals surface area contributed by atoms with E-state index in [2.05, 4.69) is 22.6 Å². The first kappa shape index (κ1) is 19.6. The Kier molecular flexibility index (Phi) is 6.71. The van der Waals surface area contributed by atoms with Crippen molar-refractivity contribution in [1.29, 1.82) is 0 Å². The maximum absolute atomic E-state index is 12.4. The largest absolute Gasteiger partial charge is 0.493 e. The van der Waals surface area contributed by atoms with Crippen molar-refractivity contribution in [2.24, 2.45) is 0 Å². The molecule has 1 aliphatic heterocycles. The average Bonchev–Trinajstić information content (AvgIpc) is 2.82. The maximum atomic E-state index is 12.4. The number of hydrogen-bond acceptors (Lipinski definition) is 7. The zero-order valence-electron chi connectivity index (χ0n) is 13.8. The van der Waals surface area contributed by atoms with Crippen LogP contribution in [0.2, 0.25) is 0 Å². The third-order valence-electron chi connectivity index (χ3n) is 3.22. The molecule has 1 saturated heterocycles. The third kappa shape index (κ3) is 4.46. The number of imide groups is 1. The quantitative estimate of drug-likeness (QED) is 0.354. The predicted octanol–water partition coefficient (Wildman–Crippen LogP) is 2.91. The molecule has 1 heterocycles. The highest BCUT2D eigenvalue weighted by atomic mass is 127. The van der Waals surface area contributed by atoms with Crippen LogP contribution in [-0.4, -0.2) is 49.4 Å². The molecule has 0 unspecified atom stereocenters. The van der Waals surface area contributed by atoms with E-state index in [-0.39, 0.29) is 18.1 Å². The van der Waals surface area contributed by atoms with E-state index >= 15 is 0 Å². The molecule has 1 aromatic carbocycles. The summed E-state index contributed by atoms with van der Waals surface area (Å²) < 4.78 is 16.1. The van der Waals surface area contributed by atoms with E-state index < -0.39 is 17.1 Å². The summed E-state index contributed by atoms with van der Waals surface area (Å²) in [7, 11) is 3.06. The topological polar surface area (TPSA) is 82.1 Å². The number of esters is 1. The van der Waals surface area contributed by atoms with Gasteiger partial charge in [0.15, 0.2) is 11.5 Å². The lowest BCUT2D eigenvalue weighted by Crippen LogP contribution is -2.34. The third-order valence-corrected chi connectivity index (χ3v) is 4.93. The number of benzene rings is 1. The zero-order chi connectivity index (χ0) is 18.6. The van der Waals surface area contributed by atoms with E-state index in [0.29, 0.717) is 17.1 Å². The fraction of sp³-hybridized carbons (Fsp3) is 0.312. The van der Waals surface area contributed by atoms with Crippen LogP contribution in [0.3, 0.4) is 0 Å². The van der Waals surface area contributed by atoms with Gasteiger partial charge in [-0.25, -0.2) is 0 Å². The van der Waals surface area contributed by atoms with Crippen LogP contribution in [0.15, 0.2) is 17.0 Å². The first-order valence-corrected chi connectivity index (χ1v) is 9.13. The van der Waals surface area contributed by atoms with Crippen LogP contribution in [0.25, 0.3) is 6.08 Å². The Labute approximate surface area is 162 Å². The molecule has 0 radical (unpaired) electrons. The predicted molar refractivity (Wildman–Crippen MR) is 102 cm³/mol. The Morgan fingerprint density at radius 2 is 2.00 bits per heavy atom. The summed E-state index contributed by atoms with van der Waals surface area (Å²) >= 11 is 2.88. The summed E-state index contributed by atoms with van der Waals surface area (Å²) in [5.41, 5.74) is 0.684. The molecular formula is C16H16INO6S. The zero-order valence-corrected chi connectivity index (χ0v) is 16.8. The lowest BCUT2D eigenvalue weighted by molar-refractivity contribution is -0.145. The molecule has 0 saturated carbocycles. The maximum Gasteiger partial charge on any atom is 0.326 e. The van der Waals surface area contributed by atoms with Crippen molar-refractivity contribution >= 4 is 57.5 Å². The number of thioether (sulfide) groups is 1. The van der Waals surface area contributed by atoms with E-state index in [4.69, 9.17) is 14.2 Å². The molecule has 9 heteroatoms.